The number of carbonyl (C=O) groups is 1. The normalized spacial score (nSPS) is 15.6. The van der Waals surface area contributed by atoms with E-state index in [4.69, 9.17) is 4.74 Å². The van der Waals surface area contributed by atoms with Gasteiger partial charge in [-0.15, -0.1) is 0 Å². The molecule has 6 nitrogen and oxygen atoms in total. The highest BCUT2D eigenvalue weighted by atomic mass is 32.2. The predicted molar refractivity (Wildman–Crippen MR) is 105 cm³/mol. The highest BCUT2D eigenvalue weighted by Crippen LogP contribution is 2.23. The Balaban J connectivity index is 1.77. The summed E-state index contributed by atoms with van der Waals surface area (Å²) in [6.07, 6.45) is 2.76. The molecule has 148 valence electrons. The van der Waals surface area contributed by atoms with Gasteiger partial charge < -0.3 is 10.1 Å². The Kier molecular flexibility index (Phi) is 6.23. The minimum absolute atomic E-state index is 0.115. The van der Waals surface area contributed by atoms with E-state index in [1.165, 1.54) is 40.7 Å². The zero-order valence-electron chi connectivity index (χ0n) is 15.4. The molecule has 1 aliphatic heterocycles. The first-order chi connectivity index (χ1) is 13.4. The maximum atomic E-state index is 13.2. The summed E-state index contributed by atoms with van der Waals surface area (Å²) in [7, 11) is -3.65. The van der Waals surface area contributed by atoms with E-state index in [2.05, 4.69) is 5.32 Å². The van der Waals surface area contributed by atoms with Gasteiger partial charge in [-0.05, 0) is 48.4 Å². The number of nitrogens with one attached hydrogen (secondary N) is 1. The van der Waals surface area contributed by atoms with Crippen molar-refractivity contribution in [1.29, 1.82) is 0 Å². The van der Waals surface area contributed by atoms with Crippen LogP contribution in [0.2, 0.25) is 0 Å². The third kappa shape index (κ3) is 4.83. The monoisotopic (exact) mass is 404 g/mol. The highest BCUT2D eigenvalue weighted by molar-refractivity contribution is 7.89. The number of aryl methyl sites for hydroxylation is 1. The number of sulfonamides is 1. The van der Waals surface area contributed by atoms with Crippen LogP contribution in [0.5, 0.6) is 0 Å². The molecular weight excluding hydrogens is 383 g/mol. The van der Waals surface area contributed by atoms with E-state index in [-0.39, 0.29) is 10.7 Å². The van der Waals surface area contributed by atoms with Crippen molar-refractivity contribution in [2.24, 2.45) is 0 Å². The Morgan fingerprint density at radius 1 is 1.18 bits per heavy atom. The smallest absolute Gasteiger partial charge is 0.248 e. The number of anilines is 1. The molecule has 28 heavy (non-hydrogen) atoms. The van der Waals surface area contributed by atoms with Crippen LogP contribution in [0.15, 0.2) is 53.4 Å². The Hall–Kier alpha value is -2.55. The van der Waals surface area contributed by atoms with E-state index in [0.717, 1.165) is 5.56 Å². The summed E-state index contributed by atoms with van der Waals surface area (Å²) in [6, 6.07) is 10.5. The van der Waals surface area contributed by atoms with Crippen LogP contribution in [0.3, 0.4) is 0 Å². The molecule has 1 amide bonds. The molecular formula is C20H21FN2O4S. The molecule has 0 radical (unpaired) electrons. The van der Waals surface area contributed by atoms with Crippen molar-refractivity contribution in [2.45, 2.75) is 11.8 Å². The van der Waals surface area contributed by atoms with Crippen molar-refractivity contribution in [1.82, 2.24) is 4.31 Å². The lowest BCUT2D eigenvalue weighted by molar-refractivity contribution is -0.111. The standard InChI is InChI=1S/C20H21FN2O4S/c1-15-5-7-18(28(25,26)23-9-11-27-12-10-23)14-19(15)22-20(24)8-6-16-3-2-4-17(21)13-16/h2-8,13-14H,9-12H2,1H3,(H,22,24)/b8-6+. The van der Waals surface area contributed by atoms with Crippen molar-refractivity contribution in [3.8, 4) is 0 Å². The van der Waals surface area contributed by atoms with Gasteiger partial charge in [-0.25, -0.2) is 12.8 Å². The first-order valence-corrected chi connectivity index (χ1v) is 10.2. The summed E-state index contributed by atoms with van der Waals surface area (Å²) in [5, 5.41) is 2.68. The lowest BCUT2D eigenvalue weighted by Crippen LogP contribution is -2.40. The molecule has 0 atom stereocenters. The number of ether oxygens (including phenoxy) is 1. The van der Waals surface area contributed by atoms with Gasteiger partial charge in [-0.2, -0.15) is 4.31 Å². The zero-order valence-corrected chi connectivity index (χ0v) is 16.2. The number of hydrogen-bond acceptors (Lipinski definition) is 4. The molecule has 1 fully saturated rings. The van der Waals surface area contributed by atoms with Crippen molar-refractivity contribution >= 4 is 27.7 Å². The molecule has 0 unspecified atom stereocenters. The molecule has 0 aromatic heterocycles. The Morgan fingerprint density at radius 3 is 2.64 bits per heavy atom. The third-order valence-electron chi connectivity index (χ3n) is 4.35. The number of amides is 1. The predicted octanol–water partition coefficient (Wildman–Crippen LogP) is 2.81. The van der Waals surface area contributed by atoms with Crippen LogP contribution in [0, 0.1) is 12.7 Å². The summed E-state index contributed by atoms with van der Waals surface area (Å²) < 4.78 is 45.3. The van der Waals surface area contributed by atoms with Crippen molar-refractivity contribution in [3.63, 3.8) is 0 Å². The fourth-order valence-electron chi connectivity index (χ4n) is 2.79. The first-order valence-electron chi connectivity index (χ1n) is 8.79. The number of carbonyl (C=O) groups excluding carboxylic acids is 1. The van der Waals surface area contributed by atoms with E-state index in [1.54, 1.807) is 25.1 Å². The quantitative estimate of drug-likeness (QED) is 0.778. The minimum atomic E-state index is -3.65. The van der Waals surface area contributed by atoms with Crippen LogP contribution in [-0.4, -0.2) is 44.9 Å². The molecule has 0 aliphatic carbocycles. The van der Waals surface area contributed by atoms with E-state index in [9.17, 15) is 17.6 Å². The van der Waals surface area contributed by atoms with Crippen molar-refractivity contribution < 1.29 is 22.3 Å². The van der Waals surface area contributed by atoms with Crippen LogP contribution in [0.1, 0.15) is 11.1 Å². The molecule has 8 heteroatoms. The fourth-order valence-corrected chi connectivity index (χ4v) is 4.22. The molecule has 0 saturated carbocycles. The van der Waals surface area contributed by atoms with Gasteiger partial charge in [0.2, 0.25) is 15.9 Å². The summed E-state index contributed by atoms with van der Waals surface area (Å²) in [4.78, 5) is 12.3. The fraction of sp³-hybridized carbons (Fsp3) is 0.250. The zero-order chi connectivity index (χ0) is 20.1. The summed E-state index contributed by atoms with van der Waals surface area (Å²) in [5.41, 5.74) is 1.69. The average Bonchev–Trinajstić information content (AvgIpc) is 2.69. The van der Waals surface area contributed by atoms with Crippen molar-refractivity contribution in [2.75, 3.05) is 31.6 Å². The number of halogens is 1. The molecule has 1 N–H and O–H groups in total. The lowest BCUT2D eigenvalue weighted by Gasteiger charge is -2.26. The number of nitrogens with zero attached hydrogens (tertiary/aromatic N) is 1. The molecule has 1 aliphatic rings. The summed E-state index contributed by atoms with van der Waals surface area (Å²) in [5.74, 6) is -0.826. The van der Waals surface area contributed by atoms with Gasteiger partial charge in [0, 0.05) is 24.9 Å². The van der Waals surface area contributed by atoms with Crippen LogP contribution >= 0.6 is 0 Å². The summed E-state index contributed by atoms with van der Waals surface area (Å²) in [6.45, 7) is 3.10. The van der Waals surface area contributed by atoms with E-state index >= 15 is 0 Å². The number of rotatable bonds is 5. The molecule has 2 aromatic rings. The largest absolute Gasteiger partial charge is 0.379 e. The SMILES string of the molecule is Cc1ccc(S(=O)(=O)N2CCOCC2)cc1NC(=O)/C=C/c1cccc(F)c1. The topological polar surface area (TPSA) is 75.7 Å². The van der Waals surface area contributed by atoms with Crippen LogP contribution in [-0.2, 0) is 19.6 Å². The Labute approximate surface area is 163 Å². The lowest BCUT2D eigenvalue weighted by atomic mass is 10.2. The van der Waals surface area contributed by atoms with Gasteiger partial charge in [-0.1, -0.05) is 18.2 Å². The molecule has 2 aromatic carbocycles. The van der Waals surface area contributed by atoms with Gasteiger partial charge in [0.05, 0.1) is 18.1 Å². The third-order valence-corrected chi connectivity index (χ3v) is 6.25. The molecule has 3 rings (SSSR count). The Bertz CT molecular complexity index is 999. The van der Waals surface area contributed by atoms with Gasteiger partial charge in [0.15, 0.2) is 0 Å². The molecule has 0 bridgehead atoms. The molecule has 0 spiro atoms. The van der Waals surface area contributed by atoms with Gasteiger partial charge >= 0.3 is 0 Å². The maximum Gasteiger partial charge on any atom is 0.248 e. The second-order valence-corrected chi connectivity index (χ2v) is 8.31. The van der Waals surface area contributed by atoms with E-state index in [1.807, 2.05) is 0 Å². The van der Waals surface area contributed by atoms with Crippen LogP contribution in [0.25, 0.3) is 6.08 Å². The van der Waals surface area contributed by atoms with Crippen molar-refractivity contribution in [3.05, 3.63) is 65.5 Å². The van der Waals surface area contributed by atoms with E-state index in [0.29, 0.717) is 37.6 Å². The number of morpholine rings is 1. The van der Waals surface area contributed by atoms with Gasteiger partial charge in [0.25, 0.3) is 0 Å². The van der Waals surface area contributed by atoms with E-state index < -0.39 is 15.9 Å². The number of benzene rings is 2. The second-order valence-electron chi connectivity index (χ2n) is 6.37. The Morgan fingerprint density at radius 2 is 1.93 bits per heavy atom. The van der Waals surface area contributed by atoms with Crippen LogP contribution in [0.4, 0.5) is 10.1 Å². The number of hydrogen-bond donors (Lipinski definition) is 1. The highest BCUT2D eigenvalue weighted by Gasteiger charge is 2.26. The minimum Gasteiger partial charge on any atom is -0.379 e. The van der Waals surface area contributed by atoms with Gasteiger partial charge in [0.1, 0.15) is 5.82 Å². The first kappa shape index (κ1) is 20.2. The average molecular weight is 404 g/mol. The second kappa shape index (κ2) is 8.64. The molecule has 1 heterocycles. The van der Waals surface area contributed by atoms with Gasteiger partial charge in [-0.3, -0.25) is 4.79 Å². The molecule has 1 saturated heterocycles. The van der Waals surface area contributed by atoms with Crippen LogP contribution < -0.4 is 5.32 Å². The summed E-state index contributed by atoms with van der Waals surface area (Å²) >= 11 is 0. The maximum absolute atomic E-state index is 13.2.